The van der Waals surface area contributed by atoms with Crippen LogP contribution in [0, 0.1) is 0 Å². The third-order valence-corrected chi connectivity index (χ3v) is 3.58. The molecule has 0 aliphatic heterocycles. The minimum absolute atomic E-state index is 0.136. The van der Waals surface area contributed by atoms with E-state index in [-0.39, 0.29) is 18.3 Å². The van der Waals surface area contributed by atoms with Gasteiger partial charge in [0.25, 0.3) is 0 Å². The van der Waals surface area contributed by atoms with E-state index in [2.05, 4.69) is 16.0 Å². The summed E-state index contributed by atoms with van der Waals surface area (Å²) in [6.07, 6.45) is 3.05. The second-order valence-corrected chi connectivity index (χ2v) is 5.48. The van der Waals surface area contributed by atoms with Crippen molar-refractivity contribution in [2.45, 2.75) is 13.0 Å². The van der Waals surface area contributed by atoms with Gasteiger partial charge in [-0.2, -0.15) is 0 Å². The van der Waals surface area contributed by atoms with Crippen LogP contribution in [-0.2, 0) is 6.54 Å². The Morgan fingerprint density at radius 1 is 0.917 bits per heavy atom. The van der Waals surface area contributed by atoms with Crippen molar-refractivity contribution in [1.29, 1.82) is 0 Å². The molecular weight excluding hydrogens is 305 g/mol. The number of carbonyl (C=O) groups excluding carboxylic acids is 1. The average Bonchev–Trinajstić information content (AvgIpc) is 3.00. The smallest absolute Gasteiger partial charge is 0.323 e. The van der Waals surface area contributed by atoms with Gasteiger partial charge in [0, 0.05) is 30.0 Å². The van der Waals surface area contributed by atoms with Crippen LogP contribution >= 0.6 is 0 Å². The maximum Gasteiger partial charge on any atom is 0.323 e. The number of hydrogen-bond acceptors (Lipinski definition) is 2. The number of amides is 2. The van der Waals surface area contributed by atoms with Gasteiger partial charge in [0.05, 0.1) is 0 Å². The Kier molecular flexibility index (Phi) is 4.91. The molecule has 0 atom stereocenters. The normalized spacial score (nSPS) is 13.0. The molecule has 0 unspecified atom stereocenters. The van der Waals surface area contributed by atoms with Crippen molar-refractivity contribution in [1.82, 2.24) is 5.32 Å². The quantitative estimate of drug-likeness (QED) is 0.755. The van der Waals surface area contributed by atoms with Crippen molar-refractivity contribution in [2.75, 3.05) is 10.6 Å². The highest BCUT2D eigenvalue weighted by Gasteiger charge is 2.10. The highest BCUT2D eigenvalue weighted by Crippen LogP contribution is 2.17. The second-order valence-electron chi connectivity index (χ2n) is 5.48. The summed E-state index contributed by atoms with van der Waals surface area (Å²) >= 11 is 0. The van der Waals surface area contributed by atoms with Gasteiger partial charge < -0.3 is 16.0 Å². The van der Waals surface area contributed by atoms with Gasteiger partial charge in [0.2, 0.25) is 0 Å². The van der Waals surface area contributed by atoms with Crippen molar-refractivity contribution >= 4 is 17.4 Å². The maximum atomic E-state index is 12.9. The summed E-state index contributed by atoms with van der Waals surface area (Å²) in [6, 6.07) is 17.1. The van der Waals surface area contributed by atoms with Gasteiger partial charge in [-0.15, -0.1) is 0 Å². The Hall–Kier alpha value is -3.08. The molecule has 0 spiro atoms. The highest BCUT2D eigenvalue weighted by molar-refractivity contribution is 5.90. The van der Waals surface area contributed by atoms with E-state index in [0.29, 0.717) is 17.9 Å². The van der Waals surface area contributed by atoms with Crippen LogP contribution < -0.4 is 16.0 Å². The molecule has 3 rings (SSSR count). The molecule has 1 aliphatic carbocycles. The van der Waals surface area contributed by atoms with Crippen LogP contribution in [0.25, 0.3) is 0 Å². The lowest BCUT2D eigenvalue weighted by molar-refractivity contribution is 0.254. The Labute approximate surface area is 140 Å². The minimum atomic E-state index is -0.375. The van der Waals surface area contributed by atoms with E-state index >= 15 is 0 Å². The van der Waals surface area contributed by atoms with Crippen molar-refractivity contribution in [3.63, 3.8) is 0 Å². The van der Waals surface area contributed by atoms with Gasteiger partial charge in [-0.25, -0.2) is 9.18 Å². The van der Waals surface area contributed by atoms with Crippen LogP contribution in [0.1, 0.15) is 12.0 Å². The molecule has 0 fully saturated rings. The molecule has 3 N–H and O–H groups in total. The number of benzene rings is 2. The highest BCUT2D eigenvalue weighted by atomic mass is 19.1. The molecule has 24 heavy (non-hydrogen) atoms. The number of nitrogens with one attached hydrogen (secondary N) is 3. The fourth-order valence-electron chi connectivity index (χ4n) is 2.35. The lowest BCUT2D eigenvalue weighted by Gasteiger charge is -2.10. The Morgan fingerprint density at radius 2 is 1.67 bits per heavy atom. The van der Waals surface area contributed by atoms with Gasteiger partial charge in [-0.3, -0.25) is 0 Å². The fraction of sp³-hybridized carbons (Fsp3) is 0.105. The molecule has 122 valence electrons. The van der Waals surface area contributed by atoms with Crippen LogP contribution in [0.15, 0.2) is 78.3 Å². The van der Waals surface area contributed by atoms with E-state index < -0.39 is 0 Å². The summed E-state index contributed by atoms with van der Waals surface area (Å²) in [4.78, 5) is 11.8. The summed E-state index contributed by atoms with van der Waals surface area (Å²) < 4.78 is 12.9. The predicted molar refractivity (Wildman–Crippen MR) is 94.3 cm³/mol. The molecule has 0 bridgehead atoms. The van der Waals surface area contributed by atoms with Crippen LogP contribution in [0.2, 0.25) is 0 Å². The van der Waals surface area contributed by atoms with E-state index in [1.807, 2.05) is 54.6 Å². The first-order valence-corrected chi connectivity index (χ1v) is 7.70. The Balaban J connectivity index is 1.48. The predicted octanol–water partition coefficient (Wildman–Crippen LogP) is 4.56. The molecule has 1 aliphatic rings. The van der Waals surface area contributed by atoms with Crippen molar-refractivity contribution in [3.8, 4) is 0 Å². The monoisotopic (exact) mass is 323 g/mol. The number of anilines is 2. The van der Waals surface area contributed by atoms with Crippen LogP contribution in [0.4, 0.5) is 20.6 Å². The average molecular weight is 323 g/mol. The SMILES string of the molecule is O=C(NC1=CC=C(F)C1)Nc1ccc(CNc2ccccc2)cc1. The first-order valence-electron chi connectivity index (χ1n) is 7.70. The molecule has 5 heteroatoms. The van der Waals surface area contributed by atoms with E-state index in [0.717, 1.165) is 11.3 Å². The van der Waals surface area contributed by atoms with Crippen molar-refractivity contribution in [3.05, 3.63) is 83.8 Å². The molecule has 0 heterocycles. The zero-order valence-electron chi connectivity index (χ0n) is 13.1. The van der Waals surface area contributed by atoms with E-state index in [4.69, 9.17) is 0 Å². The Bertz CT molecular complexity index is 767. The number of carbonyl (C=O) groups is 1. The maximum absolute atomic E-state index is 12.9. The Morgan fingerprint density at radius 3 is 2.33 bits per heavy atom. The standard InChI is InChI=1S/C19H18FN3O/c20-15-8-11-18(12-15)23-19(24)22-17-9-6-14(7-10-17)13-21-16-4-2-1-3-5-16/h1-11,21H,12-13H2,(H2,22,23,24). The molecule has 4 nitrogen and oxygen atoms in total. The zero-order chi connectivity index (χ0) is 16.8. The summed E-state index contributed by atoms with van der Waals surface area (Å²) in [5, 5.41) is 8.68. The van der Waals surface area contributed by atoms with Gasteiger partial charge in [-0.05, 0) is 42.0 Å². The molecule has 0 saturated heterocycles. The zero-order valence-corrected chi connectivity index (χ0v) is 13.1. The molecular formula is C19H18FN3O. The molecule has 0 saturated carbocycles. The first kappa shape index (κ1) is 15.8. The fourth-order valence-corrected chi connectivity index (χ4v) is 2.35. The van der Waals surface area contributed by atoms with E-state index in [9.17, 15) is 9.18 Å². The lowest BCUT2D eigenvalue weighted by atomic mass is 10.2. The van der Waals surface area contributed by atoms with Gasteiger partial charge >= 0.3 is 6.03 Å². The lowest BCUT2D eigenvalue weighted by Crippen LogP contribution is -2.27. The second kappa shape index (κ2) is 7.46. The third kappa shape index (κ3) is 4.46. The summed E-state index contributed by atoms with van der Waals surface area (Å²) in [6.45, 7) is 0.703. The number of halogens is 1. The van der Waals surface area contributed by atoms with Crippen molar-refractivity contribution in [2.24, 2.45) is 0 Å². The molecule has 0 aromatic heterocycles. The van der Waals surface area contributed by atoms with Gasteiger partial charge in [0.15, 0.2) is 0 Å². The number of para-hydroxylation sites is 1. The number of allylic oxidation sites excluding steroid dienone is 3. The summed E-state index contributed by atoms with van der Waals surface area (Å²) in [7, 11) is 0. The number of hydrogen-bond donors (Lipinski definition) is 3. The van der Waals surface area contributed by atoms with Gasteiger partial charge in [-0.1, -0.05) is 30.3 Å². The molecule has 2 amide bonds. The molecule has 2 aromatic carbocycles. The van der Waals surface area contributed by atoms with Gasteiger partial charge in [0.1, 0.15) is 5.83 Å². The number of urea groups is 1. The van der Waals surface area contributed by atoms with Crippen LogP contribution in [0.3, 0.4) is 0 Å². The van der Waals surface area contributed by atoms with Crippen molar-refractivity contribution < 1.29 is 9.18 Å². The van der Waals surface area contributed by atoms with E-state index in [1.54, 1.807) is 6.08 Å². The topological polar surface area (TPSA) is 53.2 Å². The molecule has 2 aromatic rings. The largest absolute Gasteiger partial charge is 0.381 e. The van der Waals surface area contributed by atoms with Crippen LogP contribution in [0.5, 0.6) is 0 Å². The summed E-state index contributed by atoms with van der Waals surface area (Å²) in [5.74, 6) is -0.249. The van der Waals surface area contributed by atoms with Crippen LogP contribution in [-0.4, -0.2) is 6.03 Å². The number of rotatable bonds is 5. The minimum Gasteiger partial charge on any atom is -0.381 e. The summed E-state index contributed by atoms with van der Waals surface area (Å²) in [5.41, 5.74) is 3.40. The first-order chi connectivity index (χ1) is 11.7. The third-order valence-electron chi connectivity index (χ3n) is 3.58. The molecule has 0 radical (unpaired) electrons. The van der Waals surface area contributed by atoms with E-state index in [1.165, 1.54) is 6.08 Å².